The molecule has 0 aliphatic carbocycles. The fraction of sp³-hybridized carbons (Fsp3) is 0.286. The second-order valence-electron chi connectivity index (χ2n) is 6.00. The zero-order valence-corrected chi connectivity index (χ0v) is 16.8. The monoisotopic (exact) mass is 431 g/mol. The molecule has 3 aromatic rings. The summed E-state index contributed by atoms with van der Waals surface area (Å²) >= 11 is 3.32. The van der Waals surface area contributed by atoms with Crippen molar-refractivity contribution >= 4 is 32.8 Å². The molecule has 3 rings (SSSR count). The number of halogens is 1. The molecule has 0 spiro atoms. The average molecular weight is 432 g/mol. The van der Waals surface area contributed by atoms with Crippen molar-refractivity contribution < 1.29 is 19.0 Å². The molecule has 2 aromatic carbocycles. The van der Waals surface area contributed by atoms with E-state index in [0.717, 1.165) is 27.5 Å². The molecule has 0 atom stereocenters. The molecular weight excluding hydrogens is 410 g/mol. The maximum Gasteiger partial charge on any atom is 0.337 e. The number of alkyl halides is 1. The predicted molar refractivity (Wildman–Crippen MR) is 109 cm³/mol. The van der Waals surface area contributed by atoms with Crippen molar-refractivity contribution in [2.24, 2.45) is 0 Å². The molecule has 0 aliphatic heterocycles. The molecular formula is C21H22BrNO4. The summed E-state index contributed by atoms with van der Waals surface area (Å²) in [6.07, 6.45) is 2.03. The Labute approximate surface area is 167 Å². The summed E-state index contributed by atoms with van der Waals surface area (Å²) in [7, 11) is 1.39. The van der Waals surface area contributed by atoms with Crippen LogP contribution in [0.3, 0.4) is 0 Å². The third-order valence-corrected chi connectivity index (χ3v) is 4.51. The fourth-order valence-electron chi connectivity index (χ4n) is 2.83. The quantitative estimate of drug-likeness (QED) is 0.288. The number of methoxy groups -OCH3 is 1. The lowest BCUT2D eigenvalue weighted by atomic mass is 10.1. The van der Waals surface area contributed by atoms with Crippen molar-refractivity contribution in [1.82, 2.24) is 4.57 Å². The van der Waals surface area contributed by atoms with E-state index in [0.29, 0.717) is 31.9 Å². The molecule has 0 saturated carbocycles. The zero-order chi connectivity index (χ0) is 19.1. The molecule has 27 heavy (non-hydrogen) atoms. The molecule has 5 nitrogen and oxygen atoms in total. The molecule has 0 saturated heterocycles. The normalized spacial score (nSPS) is 10.9. The van der Waals surface area contributed by atoms with Crippen molar-refractivity contribution in [2.45, 2.75) is 6.54 Å². The van der Waals surface area contributed by atoms with Gasteiger partial charge in [0, 0.05) is 23.6 Å². The van der Waals surface area contributed by atoms with E-state index in [1.807, 2.05) is 48.7 Å². The number of hydrogen-bond acceptors (Lipinski definition) is 4. The van der Waals surface area contributed by atoms with Crippen LogP contribution in [0.5, 0.6) is 5.75 Å². The first-order valence-corrected chi connectivity index (χ1v) is 9.86. The smallest absolute Gasteiger partial charge is 0.337 e. The topological polar surface area (TPSA) is 49.7 Å². The Morgan fingerprint density at radius 2 is 1.85 bits per heavy atom. The lowest BCUT2D eigenvalue weighted by Crippen LogP contribution is -2.08. The molecule has 0 radical (unpaired) electrons. The van der Waals surface area contributed by atoms with E-state index in [2.05, 4.69) is 20.5 Å². The van der Waals surface area contributed by atoms with Gasteiger partial charge in [-0.25, -0.2) is 4.79 Å². The van der Waals surface area contributed by atoms with E-state index in [1.54, 1.807) is 6.07 Å². The molecule has 0 aliphatic rings. The highest BCUT2D eigenvalue weighted by atomic mass is 79.9. The van der Waals surface area contributed by atoms with Crippen molar-refractivity contribution in [2.75, 3.05) is 32.3 Å². The molecule has 142 valence electrons. The van der Waals surface area contributed by atoms with Crippen LogP contribution in [0.1, 0.15) is 15.9 Å². The number of carbonyl (C=O) groups is 1. The van der Waals surface area contributed by atoms with Crippen molar-refractivity contribution in [3.05, 3.63) is 65.9 Å². The second-order valence-corrected chi connectivity index (χ2v) is 6.80. The van der Waals surface area contributed by atoms with Crippen LogP contribution >= 0.6 is 15.9 Å². The van der Waals surface area contributed by atoms with Gasteiger partial charge in [0.05, 0.1) is 25.9 Å². The highest BCUT2D eigenvalue weighted by Crippen LogP contribution is 2.20. The standard InChI is InChI=1S/C21H22BrNO4/c1-25-21(24)18-5-4-17-8-10-23(20(17)14-18)15-16-2-6-19(7-3-16)27-13-12-26-11-9-22/h2-8,10,14H,9,11-13,15H2,1H3. The van der Waals surface area contributed by atoms with Gasteiger partial charge >= 0.3 is 5.97 Å². The maximum atomic E-state index is 11.8. The Kier molecular flexibility index (Phi) is 6.90. The van der Waals surface area contributed by atoms with Gasteiger partial charge < -0.3 is 18.8 Å². The van der Waals surface area contributed by atoms with Crippen LogP contribution in [0.25, 0.3) is 10.9 Å². The Morgan fingerprint density at radius 1 is 1.04 bits per heavy atom. The number of esters is 1. The Morgan fingerprint density at radius 3 is 2.59 bits per heavy atom. The van der Waals surface area contributed by atoms with E-state index in [9.17, 15) is 4.79 Å². The molecule has 0 unspecified atom stereocenters. The summed E-state index contributed by atoms with van der Waals surface area (Å²) < 4.78 is 18.0. The van der Waals surface area contributed by atoms with Gasteiger partial charge in [0.25, 0.3) is 0 Å². The summed E-state index contributed by atoms with van der Waals surface area (Å²) in [5.41, 5.74) is 2.71. The lowest BCUT2D eigenvalue weighted by molar-refractivity contribution is 0.0601. The first-order chi connectivity index (χ1) is 13.2. The summed E-state index contributed by atoms with van der Waals surface area (Å²) in [6.45, 7) is 2.50. The summed E-state index contributed by atoms with van der Waals surface area (Å²) in [5.74, 6) is 0.498. The van der Waals surface area contributed by atoms with Crippen molar-refractivity contribution in [3.63, 3.8) is 0 Å². The lowest BCUT2D eigenvalue weighted by Gasteiger charge is -2.09. The van der Waals surface area contributed by atoms with Crippen LogP contribution in [0.2, 0.25) is 0 Å². The number of carbonyl (C=O) groups excluding carboxylic acids is 1. The number of rotatable bonds is 9. The minimum absolute atomic E-state index is 0.328. The summed E-state index contributed by atoms with van der Waals surface area (Å²) in [5, 5.41) is 1.92. The fourth-order valence-corrected chi connectivity index (χ4v) is 3.06. The maximum absolute atomic E-state index is 11.8. The molecule has 6 heteroatoms. The van der Waals surface area contributed by atoms with Gasteiger partial charge in [-0.05, 0) is 41.3 Å². The minimum Gasteiger partial charge on any atom is -0.491 e. The number of ether oxygens (including phenoxy) is 3. The van der Waals surface area contributed by atoms with Gasteiger partial charge in [0.15, 0.2) is 0 Å². The zero-order valence-electron chi connectivity index (χ0n) is 15.2. The number of nitrogens with zero attached hydrogens (tertiary/aromatic N) is 1. The first kappa shape index (κ1) is 19.5. The Balaban J connectivity index is 1.65. The highest BCUT2D eigenvalue weighted by molar-refractivity contribution is 9.09. The van der Waals surface area contributed by atoms with Crippen LogP contribution < -0.4 is 4.74 Å². The van der Waals surface area contributed by atoms with Crippen LogP contribution in [0.4, 0.5) is 0 Å². The van der Waals surface area contributed by atoms with E-state index in [1.165, 1.54) is 7.11 Å². The molecule has 0 fully saturated rings. The first-order valence-electron chi connectivity index (χ1n) is 8.74. The second kappa shape index (κ2) is 9.58. The van der Waals surface area contributed by atoms with Crippen LogP contribution in [0, 0.1) is 0 Å². The van der Waals surface area contributed by atoms with Gasteiger partial charge in [0.1, 0.15) is 12.4 Å². The average Bonchev–Trinajstić information content (AvgIpc) is 3.10. The Hall–Kier alpha value is -2.31. The van der Waals surface area contributed by atoms with Gasteiger partial charge in [-0.1, -0.05) is 34.1 Å². The van der Waals surface area contributed by atoms with Gasteiger partial charge in [0.2, 0.25) is 0 Å². The number of fused-ring (bicyclic) bond motifs is 1. The molecule has 0 amide bonds. The summed E-state index contributed by atoms with van der Waals surface area (Å²) in [4.78, 5) is 11.8. The summed E-state index contributed by atoms with van der Waals surface area (Å²) in [6, 6.07) is 15.7. The van der Waals surface area contributed by atoms with Gasteiger partial charge in [-0.3, -0.25) is 0 Å². The van der Waals surface area contributed by atoms with E-state index >= 15 is 0 Å². The molecule has 0 N–H and O–H groups in total. The number of aromatic nitrogens is 1. The Bertz CT molecular complexity index is 889. The van der Waals surface area contributed by atoms with E-state index in [4.69, 9.17) is 14.2 Å². The largest absolute Gasteiger partial charge is 0.491 e. The van der Waals surface area contributed by atoms with Gasteiger partial charge in [-0.2, -0.15) is 0 Å². The molecule has 1 heterocycles. The minimum atomic E-state index is -0.328. The third kappa shape index (κ3) is 5.11. The van der Waals surface area contributed by atoms with Gasteiger partial charge in [-0.15, -0.1) is 0 Å². The van der Waals surface area contributed by atoms with E-state index < -0.39 is 0 Å². The van der Waals surface area contributed by atoms with Crippen LogP contribution in [0.15, 0.2) is 54.7 Å². The third-order valence-electron chi connectivity index (χ3n) is 4.19. The SMILES string of the molecule is COC(=O)c1ccc2ccn(Cc3ccc(OCCOCCBr)cc3)c2c1. The van der Waals surface area contributed by atoms with Crippen molar-refractivity contribution in [3.8, 4) is 5.75 Å². The van der Waals surface area contributed by atoms with Crippen LogP contribution in [-0.2, 0) is 16.0 Å². The number of hydrogen-bond donors (Lipinski definition) is 0. The predicted octanol–water partition coefficient (Wildman–Crippen LogP) is 4.27. The van der Waals surface area contributed by atoms with E-state index in [-0.39, 0.29) is 5.97 Å². The molecule has 0 bridgehead atoms. The number of benzene rings is 2. The molecule has 1 aromatic heterocycles. The highest BCUT2D eigenvalue weighted by Gasteiger charge is 2.09. The van der Waals surface area contributed by atoms with Crippen molar-refractivity contribution in [1.29, 1.82) is 0 Å². The van der Waals surface area contributed by atoms with Crippen LogP contribution in [-0.4, -0.2) is 42.8 Å².